The second-order valence-corrected chi connectivity index (χ2v) is 9.26. The van der Waals surface area contributed by atoms with Crippen LogP contribution in [0.15, 0.2) is 35.7 Å². The highest BCUT2D eigenvalue weighted by Gasteiger charge is 2.18. The van der Waals surface area contributed by atoms with Gasteiger partial charge >= 0.3 is 0 Å². The van der Waals surface area contributed by atoms with Crippen molar-refractivity contribution in [1.82, 2.24) is 10.2 Å². The SMILES string of the molecule is C=C(Cl)/C=C(\C)NC(=C)CCN(CC(C)C)CC(C)CC(C)(C)C. The van der Waals surface area contributed by atoms with E-state index >= 15 is 0 Å². The average molecular weight is 355 g/mol. The molecule has 0 fully saturated rings. The Morgan fingerprint density at radius 2 is 1.75 bits per heavy atom. The first-order valence-electron chi connectivity index (χ1n) is 9.09. The highest BCUT2D eigenvalue weighted by Crippen LogP contribution is 2.25. The van der Waals surface area contributed by atoms with E-state index in [2.05, 4.69) is 64.9 Å². The molecule has 0 aromatic carbocycles. The van der Waals surface area contributed by atoms with Crippen molar-refractivity contribution in [2.75, 3.05) is 19.6 Å². The van der Waals surface area contributed by atoms with E-state index in [1.165, 1.54) is 6.42 Å². The predicted octanol–water partition coefficient (Wildman–Crippen LogP) is 6.17. The normalized spacial score (nSPS) is 14.2. The average Bonchev–Trinajstić information content (AvgIpc) is 2.31. The lowest BCUT2D eigenvalue weighted by Crippen LogP contribution is -2.34. The molecule has 2 nitrogen and oxygen atoms in total. The maximum absolute atomic E-state index is 5.80. The summed E-state index contributed by atoms with van der Waals surface area (Å²) >= 11 is 5.80. The zero-order valence-corrected chi connectivity index (χ0v) is 17.8. The summed E-state index contributed by atoms with van der Waals surface area (Å²) in [6.07, 6.45) is 4.01. The van der Waals surface area contributed by atoms with E-state index in [4.69, 9.17) is 11.6 Å². The molecule has 0 aromatic rings. The molecule has 0 saturated carbocycles. The van der Waals surface area contributed by atoms with E-state index in [1.807, 2.05) is 13.0 Å². The summed E-state index contributed by atoms with van der Waals surface area (Å²) in [5.41, 5.74) is 2.40. The molecular weight excluding hydrogens is 316 g/mol. The molecule has 0 aliphatic heterocycles. The molecule has 0 saturated heterocycles. The van der Waals surface area contributed by atoms with Crippen LogP contribution in [0.2, 0.25) is 0 Å². The molecule has 1 N–H and O–H groups in total. The van der Waals surface area contributed by atoms with Gasteiger partial charge in [-0.05, 0) is 43.1 Å². The molecule has 0 aliphatic carbocycles. The molecule has 0 amide bonds. The first-order chi connectivity index (χ1) is 10.9. The summed E-state index contributed by atoms with van der Waals surface area (Å²) < 4.78 is 0. The summed E-state index contributed by atoms with van der Waals surface area (Å²) in [7, 11) is 0. The molecule has 0 bridgehead atoms. The smallest absolute Gasteiger partial charge is 0.0351 e. The Morgan fingerprint density at radius 3 is 2.21 bits per heavy atom. The molecule has 0 radical (unpaired) electrons. The zero-order valence-electron chi connectivity index (χ0n) is 17.0. The molecular formula is C21H39ClN2. The van der Waals surface area contributed by atoms with Crippen molar-refractivity contribution in [1.29, 1.82) is 0 Å². The van der Waals surface area contributed by atoms with Crippen LogP contribution in [0, 0.1) is 17.3 Å². The van der Waals surface area contributed by atoms with Crippen LogP contribution in [-0.4, -0.2) is 24.5 Å². The third kappa shape index (κ3) is 13.7. The second kappa shape index (κ2) is 11.0. The van der Waals surface area contributed by atoms with Crippen LogP contribution in [0.25, 0.3) is 0 Å². The number of nitrogens with one attached hydrogen (secondary N) is 1. The third-order valence-electron chi connectivity index (χ3n) is 3.63. The van der Waals surface area contributed by atoms with E-state index in [1.54, 1.807) is 0 Å². The molecule has 1 atom stereocenters. The van der Waals surface area contributed by atoms with Gasteiger partial charge in [-0.1, -0.05) is 66.3 Å². The van der Waals surface area contributed by atoms with E-state index in [0.29, 0.717) is 22.3 Å². The molecule has 3 heteroatoms. The minimum atomic E-state index is 0.389. The number of halogens is 1. The van der Waals surface area contributed by atoms with E-state index in [9.17, 15) is 0 Å². The number of nitrogens with zero attached hydrogens (tertiary/aromatic N) is 1. The monoisotopic (exact) mass is 354 g/mol. The van der Waals surface area contributed by atoms with Gasteiger partial charge < -0.3 is 10.2 Å². The second-order valence-electron chi connectivity index (χ2n) is 8.78. The van der Waals surface area contributed by atoms with Crippen molar-refractivity contribution in [3.05, 3.63) is 35.7 Å². The first kappa shape index (κ1) is 23.3. The number of rotatable bonds is 11. The van der Waals surface area contributed by atoms with Crippen molar-refractivity contribution in [2.24, 2.45) is 17.3 Å². The minimum Gasteiger partial charge on any atom is -0.363 e. The first-order valence-corrected chi connectivity index (χ1v) is 9.46. The van der Waals surface area contributed by atoms with Crippen LogP contribution in [0.3, 0.4) is 0 Å². The van der Waals surface area contributed by atoms with Crippen LogP contribution >= 0.6 is 11.6 Å². The van der Waals surface area contributed by atoms with Gasteiger partial charge in [0.25, 0.3) is 0 Å². The number of hydrogen-bond donors (Lipinski definition) is 1. The summed E-state index contributed by atoms with van der Waals surface area (Å²) in [5, 5.41) is 3.84. The Balaban J connectivity index is 4.52. The van der Waals surface area contributed by atoms with Crippen LogP contribution in [0.4, 0.5) is 0 Å². The fourth-order valence-corrected chi connectivity index (χ4v) is 3.39. The van der Waals surface area contributed by atoms with Gasteiger partial charge in [-0.15, -0.1) is 0 Å². The van der Waals surface area contributed by atoms with Crippen molar-refractivity contribution in [3.63, 3.8) is 0 Å². The predicted molar refractivity (Wildman–Crippen MR) is 110 cm³/mol. The van der Waals surface area contributed by atoms with Crippen LogP contribution in [0.1, 0.15) is 61.3 Å². The third-order valence-corrected chi connectivity index (χ3v) is 3.74. The molecule has 0 aromatic heterocycles. The molecule has 1 unspecified atom stereocenters. The van der Waals surface area contributed by atoms with Crippen molar-refractivity contribution in [2.45, 2.75) is 61.3 Å². The van der Waals surface area contributed by atoms with E-state index < -0.39 is 0 Å². The van der Waals surface area contributed by atoms with Crippen LogP contribution in [0.5, 0.6) is 0 Å². The van der Waals surface area contributed by atoms with Gasteiger partial charge in [0.1, 0.15) is 0 Å². The Morgan fingerprint density at radius 1 is 1.17 bits per heavy atom. The summed E-state index contributed by atoms with van der Waals surface area (Å²) in [6, 6.07) is 0. The topological polar surface area (TPSA) is 15.3 Å². The van der Waals surface area contributed by atoms with E-state index in [-0.39, 0.29) is 0 Å². The Labute approximate surface area is 156 Å². The molecule has 0 spiro atoms. The molecule has 140 valence electrons. The lowest BCUT2D eigenvalue weighted by atomic mass is 9.85. The van der Waals surface area contributed by atoms with Gasteiger partial charge in [-0.2, -0.15) is 0 Å². The standard InChI is InChI=1S/C21H39ClN2/c1-16(2)14-24(15-17(3)13-21(7,8)9)11-10-19(5)23-20(6)12-18(4)22/h12,16-17,23H,4-5,10-11,13-15H2,1-3,6-9H3/b20-12+. The van der Waals surface area contributed by atoms with Gasteiger partial charge in [0.05, 0.1) is 0 Å². The van der Waals surface area contributed by atoms with Crippen LogP contribution < -0.4 is 5.32 Å². The maximum atomic E-state index is 5.80. The highest BCUT2D eigenvalue weighted by atomic mass is 35.5. The quantitative estimate of drug-likeness (QED) is 0.446. The molecule has 0 rings (SSSR count). The van der Waals surface area contributed by atoms with E-state index in [0.717, 1.165) is 37.4 Å². The summed E-state index contributed by atoms with van der Waals surface area (Å²) in [6.45, 7) is 27.0. The summed E-state index contributed by atoms with van der Waals surface area (Å²) in [4.78, 5) is 2.58. The largest absolute Gasteiger partial charge is 0.363 e. The van der Waals surface area contributed by atoms with Crippen molar-refractivity contribution >= 4 is 11.6 Å². The fourth-order valence-electron chi connectivity index (χ4n) is 3.23. The lowest BCUT2D eigenvalue weighted by molar-refractivity contribution is 0.186. The maximum Gasteiger partial charge on any atom is 0.0351 e. The van der Waals surface area contributed by atoms with Crippen LogP contribution in [-0.2, 0) is 0 Å². The fraction of sp³-hybridized carbons (Fsp3) is 0.714. The highest BCUT2D eigenvalue weighted by molar-refractivity contribution is 6.30. The molecule has 0 aliphatic rings. The van der Waals surface area contributed by atoms with Gasteiger partial charge in [-0.25, -0.2) is 0 Å². The minimum absolute atomic E-state index is 0.389. The summed E-state index contributed by atoms with van der Waals surface area (Å²) in [5.74, 6) is 1.38. The number of hydrogen-bond acceptors (Lipinski definition) is 2. The zero-order chi connectivity index (χ0) is 18.9. The number of allylic oxidation sites excluding steroid dienone is 3. The molecule has 0 heterocycles. The van der Waals surface area contributed by atoms with Crippen molar-refractivity contribution in [3.8, 4) is 0 Å². The Bertz CT molecular complexity index is 430. The van der Waals surface area contributed by atoms with Gasteiger partial charge in [0, 0.05) is 36.1 Å². The van der Waals surface area contributed by atoms with Gasteiger partial charge in [-0.3, -0.25) is 0 Å². The van der Waals surface area contributed by atoms with Gasteiger partial charge in [0.15, 0.2) is 0 Å². The Kier molecular flexibility index (Phi) is 10.7. The van der Waals surface area contributed by atoms with Gasteiger partial charge in [0.2, 0.25) is 0 Å². The Hall–Kier alpha value is -0.730. The lowest BCUT2D eigenvalue weighted by Gasteiger charge is -2.30. The molecule has 24 heavy (non-hydrogen) atoms. The van der Waals surface area contributed by atoms with Crippen molar-refractivity contribution < 1.29 is 0 Å².